The second-order valence-corrected chi connectivity index (χ2v) is 7.53. The van der Waals surface area contributed by atoms with Gasteiger partial charge in [0.15, 0.2) is 10.8 Å². The lowest BCUT2D eigenvalue weighted by atomic mass is 10.2. The summed E-state index contributed by atoms with van der Waals surface area (Å²) in [6, 6.07) is 15.1. The van der Waals surface area contributed by atoms with Crippen LogP contribution >= 0.6 is 11.3 Å². The number of rotatable bonds is 6. The first-order valence-electron chi connectivity index (χ1n) is 9.37. The number of hydrogen-bond donors (Lipinski definition) is 0. The van der Waals surface area contributed by atoms with Crippen LogP contribution in [-0.2, 0) is 17.5 Å². The van der Waals surface area contributed by atoms with Crippen molar-refractivity contribution < 1.29 is 22.7 Å². The molecule has 0 radical (unpaired) electrons. The molecule has 0 saturated carbocycles. The predicted octanol–water partition coefficient (Wildman–Crippen LogP) is 5.28. The summed E-state index contributed by atoms with van der Waals surface area (Å²) in [5.74, 6) is 0.171. The summed E-state index contributed by atoms with van der Waals surface area (Å²) >= 11 is 1.32. The van der Waals surface area contributed by atoms with Crippen LogP contribution in [0.4, 0.5) is 24.0 Å². The van der Waals surface area contributed by atoms with Gasteiger partial charge >= 0.3 is 6.18 Å². The van der Waals surface area contributed by atoms with Crippen LogP contribution < -0.4 is 9.64 Å². The SMILES string of the molecule is CCOc1ccc(N(C(=O)Cn2ccc(C(F)(F)F)n2)c2nc3ccccc3s2)cc1. The van der Waals surface area contributed by atoms with Crippen LogP contribution in [0.1, 0.15) is 12.6 Å². The van der Waals surface area contributed by atoms with E-state index in [-0.39, 0.29) is 6.54 Å². The second-order valence-electron chi connectivity index (χ2n) is 6.52. The Kier molecular flexibility index (Phi) is 5.64. The number of ether oxygens (including phenoxy) is 1. The number of nitrogens with zero attached hydrogens (tertiary/aromatic N) is 4. The fourth-order valence-corrected chi connectivity index (χ4v) is 3.99. The van der Waals surface area contributed by atoms with Crippen LogP contribution in [-0.4, -0.2) is 27.3 Å². The lowest BCUT2D eigenvalue weighted by Gasteiger charge is -2.20. The number of halogens is 3. The third kappa shape index (κ3) is 4.53. The number of amides is 1. The molecule has 6 nitrogen and oxygen atoms in total. The molecule has 0 saturated heterocycles. The average molecular weight is 446 g/mol. The summed E-state index contributed by atoms with van der Waals surface area (Å²) < 4.78 is 45.9. The Balaban J connectivity index is 1.69. The molecule has 160 valence electrons. The van der Waals surface area contributed by atoms with Crippen molar-refractivity contribution in [3.05, 3.63) is 66.5 Å². The van der Waals surface area contributed by atoms with Gasteiger partial charge in [-0.05, 0) is 49.4 Å². The molecule has 4 aromatic rings. The third-order valence-electron chi connectivity index (χ3n) is 4.36. The van der Waals surface area contributed by atoms with Gasteiger partial charge in [0.25, 0.3) is 5.91 Å². The number of hydrogen-bond acceptors (Lipinski definition) is 5. The smallest absolute Gasteiger partial charge is 0.435 e. The first-order chi connectivity index (χ1) is 14.8. The predicted molar refractivity (Wildman–Crippen MR) is 112 cm³/mol. The minimum atomic E-state index is -4.57. The van der Waals surface area contributed by atoms with Gasteiger partial charge in [-0.1, -0.05) is 23.5 Å². The van der Waals surface area contributed by atoms with E-state index in [2.05, 4.69) is 10.1 Å². The molecule has 0 aliphatic rings. The van der Waals surface area contributed by atoms with Crippen LogP contribution in [0, 0.1) is 0 Å². The van der Waals surface area contributed by atoms with E-state index in [9.17, 15) is 18.0 Å². The first-order valence-corrected chi connectivity index (χ1v) is 10.2. The number of aromatic nitrogens is 3. The summed E-state index contributed by atoms with van der Waals surface area (Å²) in [6.45, 7) is 1.99. The van der Waals surface area contributed by atoms with Crippen molar-refractivity contribution in [2.75, 3.05) is 11.5 Å². The highest BCUT2D eigenvalue weighted by Gasteiger charge is 2.34. The van der Waals surface area contributed by atoms with Crippen molar-refractivity contribution in [1.82, 2.24) is 14.8 Å². The second kappa shape index (κ2) is 8.38. The van der Waals surface area contributed by atoms with Crippen molar-refractivity contribution in [3.8, 4) is 5.75 Å². The summed E-state index contributed by atoms with van der Waals surface area (Å²) in [5.41, 5.74) is 0.202. The molecule has 0 fully saturated rings. The van der Waals surface area contributed by atoms with Crippen LogP contribution in [0.3, 0.4) is 0 Å². The monoisotopic (exact) mass is 446 g/mol. The first kappa shape index (κ1) is 20.9. The van der Waals surface area contributed by atoms with Gasteiger partial charge in [0.2, 0.25) is 0 Å². The molecule has 2 heterocycles. The van der Waals surface area contributed by atoms with E-state index >= 15 is 0 Å². The number of carbonyl (C=O) groups excluding carboxylic acids is 1. The van der Waals surface area contributed by atoms with Crippen molar-refractivity contribution >= 4 is 38.3 Å². The Bertz CT molecular complexity index is 1170. The van der Waals surface area contributed by atoms with Crippen molar-refractivity contribution in [1.29, 1.82) is 0 Å². The summed E-state index contributed by atoms with van der Waals surface area (Å²) in [6.07, 6.45) is -3.44. The minimum absolute atomic E-state index is 0.376. The van der Waals surface area contributed by atoms with Crippen LogP contribution in [0.5, 0.6) is 5.75 Å². The van der Waals surface area contributed by atoms with E-state index in [4.69, 9.17) is 4.74 Å². The van der Waals surface area contributed by atoms with Crippen LogP contribution in [0.2, 0.25) is 0 Å². The highest BCUT2D eigenvalue weighted by molar-refractivity contribution is 7.22. The van der Waals surface area contributed by atoms with Crippen LogP contribution in [0.25, 0.3) is 10.2 Å². The van der Waals surface area contributed by atoms with Crippen LogP contribution in [0.15, 0.2) is 60.8 Å². The number of thiazole rings is 1. The van der Waals surface area contributed by atoms with E-state index in [0.717, 1.165) is 27.2 Å². The number of fused-ring (bicyclic) bond motifs is 1. The zero-order valence-corrected chi connectivity index (χ0v) is 17.2. The van der Waals surface area contributed by atoms with E-state index in [1.807, 2.05) is 31.2 Å². The molecule has 4 rings (SSSR count). The highest BCUT2D eigenvalue weighted by Crippen LogP contribution is 2.34. The molecule has 2 aromatic heterocycles. The van der Waals surface area contributed by atoms with Gasteiger partial charge in [-0.25, -0.2) is 4.98 Å². The Morgan fingerprint density at radius 1 is 1.13 bits per heavy atom. The van der Waals surface area contributed by atoms with Crippen molar-refractivity contribution in [3.63, 3.8) is 0 Å². The molecule has 0 atom stereocenters. The van der Waals surface area contributed by atoms with Gasteiger partial charge in [0.1, 0.15) is 12.3 Å². The molecule has 0 unspecified atom stereocenters. The third-order valence-corrected chi connectivity index (χ3v) is 5.38. The Morgan fingerprint density at radius 2 is 1.87 bits per heavy atom. The zero-order valence-electron chi connectivity index (χ0n) is 16.3. The number of para-hydroxylation sites is 1. The number of anilines is 2. The minimum Gasteiger partial charge on any atom is -0.494 e. The van der Waals surface area contributed by atoms with Crippen molar-refractivity contribution in [2.45, 2.75) is 19.6 Å². The molecule has 2 aromatic carbocycles. The maximum absolute atomic E-state index is 13.2. The molecule has 10 heteroatoms. The maximum atomic E-state index is 13.2. The van der Waals surface area contributed by atoms with Gasteiger partial charge in [0, 0.05) is 6.20 Å². The highest BCUT2D eigenvalue weighted by atomic mass is 32.1. The quantitative estimate of drug-likeness (QED) is 0.405. The topological polar surface area (TPSA) is 60.2 Å². The van der Waals surface area contributed by atoms with Gasteiger partial charge < -0.3 is 4.74 Å². The number of benzene rings is 2. The normalized spacial score (nSPS) is 11.6. The van der Waals surface area contributed by atoms with E-state index < -0.39 is 17.8 Å². The van der Waals surface area contributed by atoms with Gasteiger partial charge in [0.05, 0.1) is 22.5 Å². The molecule has 0 aliphatic carbocycles. The Morgan fingerprint density at radius 3 is 2.52 bits per heavy atom. The van der Waals surface area contributed by atoms with E-state index in [1.54, 1.807) is 24.3 Å². The Hall–Kier alpha value is -3.40. The molecular weight excluding hydrogens is 429 g/mol. The fraction of sp³-hybridized carbons (Fsp3) is 0.190. The summed E-state index contributed by atoms with van der Waals surface area (Å²) in [5, 5.41) is 3.89. The molecule has 1 amide bonds. The van der Waals surface area contributed by atoms with Crippen molar-refractivity contribution in [2.24, 2.45) is 0 Å². The molecule has 0 N–H and O–H groups in total. The fourth-order valence-electron chi connectivity index (χ4n) is 2.99. The van der Waals surface area contributed by atoms with Gasteiger partial charge in [-0.3, -0.25) is 14.4 Å². The molecule has 0 bridgehead atoms. The number of carbonyl (C=O) groups is 1. The molecule has 0 aliphatic heterocycles. The number of alkyl halides is 3. The standard InChI is InChI=1S/C21H17F3N4O2S/c1-2-30-15-9-7-14(8-10-15)28(20-25-16-5-3-4-6-17(16)31-20)19(29)13-27-12-11-18(26-27)21(22,23)24/h3-12H,2,13H2,1H3. The average Bonchev–Trinajstić information content (AvgIpc) is 3.36. The van der Waals surface area contributed by atoms with Gasteiger partial charge in [-0.2, -0.15) is 18.3 Å². The largest absolute Gasteiger partial charge is 0.494 e. The van der Waals surface area contributed by atoms with E-state index in [0.29, 0.717) is 23.2 Å². The summed E-state index contributed by atoms with van der Waals surface area (Å²) in [4.78, 5) is 19.1. The maximum Gasteiger partial charge on any atom is 0.435 e. The zero-order chi connectivity index (χ0) is 22.0. The molecular formula is C21H17F3N4O2S. The lowest BCUT2D eigenvalue weighted by molar-refractivity contribution is -0.141. The molecule has 0 spiro atoms. The molecule has 31 heavy (non-hydrogen) atoms. The van der Waals surface area contributed by atoms with Gasteiger partial charge in [-0.15, -0.1) is 0 Å². The van der Waals surface area contributed by atoms with E-state index in [1.165, 1.54) is 16.2 Å². The lowest BCUT2D eigenvalue weighted by Crippen LogP contribution is -2.30. The summed E-state index contributed by atoms with van der Waals surface area (Å²) in [7, 11) is 0. The Labute approximate surface area is 179 Å².